The van der Waals surface area contributed by atoms with Crippen molar-refractivity contribution in [1.82, 2.24) is 10.3 Å². The summed E-state index contributed by atoms with van der Waals surface area (Å²) in [4.78, 5) is 28.8. The van der Waals surface area contributed by atoms with Gasteiger partial charge in [-0.05, 0) is 48.6 Å². The number of unbranched alkanes of at least 4 members (excludes halogenated alkanes) is 1. The lowest BCUT2D eigenvalue weighted by Gasteiger charge is -2.09. The van der Waals surface area contributed by atoms with Crippen molar-refractivity contribution in [1.29, 1.82) is 0 Å². The van der Waals surface area contributed by atoms with Crippen LogP contribution in [0.25, 0.3) is 32.9 Å². The summed E-state index contributed by atoms with van der Waals surface area (Å²) in [6.07, 6.45) is 2.54. The highest BCUT2D eigenvalue weighted by Gasteiger charge is 2.34. The smallest absolute Gasteiger partial charge is 0.259 e. The average Bonchev–Trinajstić information content (AvgIpc) is 3.24. The molecular formula is C24H19ClN2O3. The number of aromatic amines is 1. The van der Waals surface area contributed by atoms with Gasteiger partial charge in [-0.1, -0.05) is 41.9 Å². The summed E-state index contributed by atoms with van der Waals surface area (Å²) in [6.45, 7) is 0.189. The third-order valence-corrected chi connectivity index (χ3v) is 6.00. The second-order valence-electron chi connectivity index (χ2n) is 7.55. The van der Waals surface area contributed by atoms with Gasteiger partial charge in [0.15, 0.2) is 0 Å². The lowest BCUT2D eigenvalue weighted by Crippen LogP contribution is -2.20. The highest BCUT2D eigenvalue weighted by molar-refractivity contribution is 6.36. The van der Waals surface area contributed by atoms with Gasteiger partial charge in [0.25, 0.3) is 11.8 Å². The summed E-state index contributed by atoms with van der Waals surface area (Å²) >= 11 is 6.41. The molecule has 0 aliphatic carbocycles. The summed E-state index contributed by atoms with van der Waals surface area (Å²) in [5.74, 6) is -0.788. The summed E-state index contributed by atoms with van der Waals surface area (Å²) < 4.78 is 0. The molecule has 150 valence electrons. The number of benzene rings is 3. The molecule has 0 saturated heterocycles. The second-order valence-corrected chi connectivity index (χ2v) is 7.95. The Morgan fingerprint density at radius 2 is 1.67 bits per heavy atom. The molecule has 0 atom stereocenters. The van der Waals surface area contributed by atoms with Crippen LogP contribution >= 0.6 is 11.6 Å². The first kappa shape index (κ1) is 18.9. The zero-order valence-electron chi connectivity index (χ0n) is 16.1. The van der Waals surface area contributed by atoms with E-state index >= 15 is 0 Å². The molecule has 1 aromatic heterocycles. The normalized spacial score (nSPS) is 13.3. The number of aromatic nitrogens is 1. The Kier molecular flexibility index (Phi) is 4.57. The standard InChI is InChI=1S/C24H19ClN2O3/c25-17-7-2-1-6-14(17)16-12-19-20(22-21(16)23(29)27-24(22)30)15-9-8-13(5-3-4-10-28)11-18(15)26-19/h1-2,6-9,11-12,26,28H,3-5,10H2,(H,27,29,30). The lowest BCUT2D eigenvalue weighted by atomic mass is 9.92. The molecule has 0 bridgehead atoms. The lowest BCUT2D eigenvalue weighted by molar-refractivity contribution is 0.0880. The van der Waals surface area contributed by atoms with Gasteiger partial charge in [0.2, 0.25) is 0 Å². The van der Waals surface area contributed by atoms with Gasteiger partial charge >= 0.3 is 0 Å². The quantitative estimate of drug-likeness (QED) is 0.320. The number of rotatable bonds is 5. The molecule has 0 saturated carbocycles. The van der Waals surface area contributed by atoms with Crippen LogP contribution in [0.2, 0.25) is 5.02 Å². The van der Waals surface area contributed by atoms with Crippen molar-refractivity contribution >= 4 is 45.2 Å². The van der Waals surface area contributed by atoms with Crippen molar-refractivity contribution < 1.29 is 14.7 Å². The number of aliphatic hydroxyl groups is 1. The molecule has 2 amide bonds. The van der Waals surface area contributed by atoms with Crippen molar-refractivity contribution in [3.05, 3.63) is 70.2 Å². The van der Waals surface area contributed by atoms with Crippen LogP contribution in [0.15, 0.2) is 48.5 Å². The van der Waals surface area contributed by atoms with Crippen LogP contribution in [0.5, 0.6) is 0 Å². The molecule has 3 N–H and O–H groups in total. The molecule has 1 aliphatic heterocycles. The fraction of sp³-hybridized carbons (Fsp3) is 0.167. The van der Waals surface area contributed by atoms with Gasteiger partial charge in [-0.25, -0.2) is 0 Å². The minimum Gasteiger partial charge on any atom is -0.396 e. The number of amides is 2. The third-order valence-electron chi connectivity index (χ3n) is 5.67. The second kappa shape index (κ2) is 7.27. The molecule has 5 rings (SSSR count). The van der Waals surface area contributed by atoms with Gasteiger partial charge in [0.1, 0.15) is 0 Å². The molecule has 6 heteroatoms. The van der Waals surface area contributed by atoms with E-state index in [9.17, 15) is 9.59 Å². The van der Waals surface area contributed by atoms with E-state index in [1.54, 1.807) is 6.07 Å². The summed E-state index contributed by atoms with van der Waals surface area (Å²) in [7, 11) is 0. The van der Waals surface area contributed by atoms with Crippen LogP contribution in [-0.2, 0) is 6.42 Å². The van der Waals surface area contributed by atoms with Crippen LogP contribution in [0, 0.1) is 0 Å². The van der Waals surface area contributed by atoms with E-state index < -0.39 is 5.91 Å². The van der Waals surface area contributed by atoms with Crippen molar-refractivity contribution in [2.75, 3.05) is 6.61 Å². The SMILES string of the molecule is O=C1NC(=O)c2c1c(-c1ccccc1Cl)cc1[nH]c3cc(CCCCO)ccc3c21. The number of imide groups is 1. The Morgan fingerprint density at radius 3 is 2.47 bits per heavy atom. The van der Waals surface area contributed by atoms with Crippen molar-refractivity contribution in [2.24, 2.45) is 0 Å². The molecule has 0 unspecified atom stereocenters. The van der Waals surface area contributed by atoms with Gasteiger partial charge in [0.05, 0.1) is 11.1 Å². The Balaban J connectivity index is 1.77. The van der Waals surface area contributed by atoms with Crippen molar-refractivity contribution in [3.63, 3.8) is 0 Å². The molecule has 0 spiro atoms. The van der Waals surface area contributed by atoms with Crippen molar-refractivity contribution in [3.8, 4) is 11.1 Å². The number of aliphatic hydroxyl groups excluding tert-OH is 1. The predicted octanol–water partition coefficient (Wildman–Crippen LogP) is 4.84. The monoisotopic (exact) mass is 418 g/mol. The number of fused-ring (bicyclic) bond motifs is 5. The van der Waals surface area contributed by atoms with Crippen LogP contribution in [0.4, 0.5) is 0 Å². The minimum atomic E-state index is -0.401. The zero-order valence-corrected chi connectivity index (χ0v) is 16.8. The number of hydrogen-bond acceptors (Lipinski definition) is 3. The maximum Gasteiger partial charge on any atom is 0.259 e. The van der Waals surface area contributed by atoms with E-state index in [2.05, 4.69) is 16.4 Å². The maximum atomic E-state index is 12.7. The molecule has 3 aromatic carbocycles. The number of H-pyrrole nitrogens is 1. The Morgan fingerprint density at radius 1 is 0.867 bits per heavy atom. The highest BCUT2D eigenvalue weighted by atomic mass is 35.5. The van der Waals surface area contributed by atoms with Crippen LogP contribution in [0.3, 0.4) is 0 Å². The summed E-state index contributed by atoms with van der Waals surface area (Å²) in [6, 6.07) is 15.3. The molecule has 5 nitrogen and oxygen atoms in total. The number of carbonyl (C=O) groups is 2. The van der Waals surface area contributed by atoms with E-state index in [0.717, 1.165) is 46.6 Å². The van der Waals surface area contributed by atoms with E-state index in [1.807, 2.05) is 36.4 Å². The third kappa shape index (κ3) is 2.90. The van der Waals surface area contributed by atoms with Gasteiger partial charge < -0.3 is 10.1 Å². The van der Waals surface area contributed by atoms with E-state index in [-0.39, 0.29) is 12.5 Å². The van der Waals surface area contributed by atoms with Gasteiger partial charge in [0, 0.05) is 39.0 Å². The largest absolute Gasteiger partial charge is 0.396 e. The number of nitrogens with one attached hydrogen (secondary N) is 2. The fourth-order valence-electron chi connectivity index (χ4n) is 4.30. The Bertz CT molecular complexity index is 1340. The molecule has 4 aromatic rings. The Hall–Kier alpha value is -3.15. The predicted molar refractivity (Wildman–Crippen MR) is 118 cm³/mol. The van der Waals surface area contributed by atoms with Gasteiger partial charge in [-0.15, -0.1) is 0 Å². The number of hydrogen-bond donors (Lipinski definition) is 3. The van der Waals surface area contributed by atoms with E-state index in [4.69, 9.17) is 16.7 Å². The number of halogens is 1. The summed E-state index contributed by atoms with van der Waals surface area (Å²) in [5.41, 5.74) is 4.98. The highest BCUT2D eigenvalue weighted by Crippen LogP contribution is 2.40. The van der Waals surface area contributed by atoms with Crippen LogP contribution in [0.1, 0.15) is 39.1 Å². The van der Waals surface area contributed by atoms with Gasteiger partial charge in [-0.3, -0.25) is 14.9 Å². The molecule has 2 heterocycles. The Labute approximate surface area is 177 Å². The van der Waals surface area contributed by atoms with Crippen molar-refractivity contribution in [2.45, 2.75) is 19.3 Å². The zero-order chi connectivity index (χ0) is 20.8. The first-order chi connectivity index (χ1) is 14.6. The summed E-state index contributed by atoms with van der Waals surface area (Å²) in [5, 5.41) is 13.6. The molecule has 0 radical (unpaired) electrons. The van der Waals surface area contributed by atoms with Gasteiger partial charge in [-0.2, -0.15) is 0 Å². The van der Waals surface area contributed by atoms with Crippen LogP contribution < -0.4 is 5.32 Å². The molecule has 0 fully saturated rings. The van der Waals surface area contributed by atoms with E-state index in [1.165, 1.54) is 0 Å². The number of carbonyl (C=O) groups excluding carboxylic acids is 2. The molecular weight excluding hydrogens is 400 g/mol. The first-order valence-electron chi connectivity index (χ1n) is 9.91. The fourth-order valence-corrected chi connectivity index (χ4v) is 4.54. The minimum absolute atomic E-state index is 0.189. The topological polar surface area (TPSA) is 82.2 Å². The number of aryl methyl sites for hydroxylation is 1. The molecule has 1 aliphatic rings. The van der Waals surface area contributed by atoms with E-state index in [0.29, 0.717) is 27.3 Å². The van der Waals surface area contributed by atoms with Crippen LogP contribution in [-0.4, -0.2) is 28.5 Å². The molecule has 30 heavy (non-hydrogen) atoms. The maximum absolute atomic E-state index is 12.7. The average molecular weight is 419 g/mol. The first-order valence-corrected chi connectivity index (χ1v) is 10.3.